The first kappa shape index (κ1) is 12.3. The highest BCUT2D eigenvalue weighted by molar-refractivity contribution is 5.72. The second-order valence-electron chi connectivity index (χ2n) is 4.16. The molecule has 0 bridgehead atoms. The van der Waals surface area contributed by atoms with Crippen molar-refractivity contribution in [1.82, 2.24) is 14.4 Å². The maximum absolute atomic E-state index is 10.0. The zero-order chi connectivity index (χ0) is 14.1. The summed E-state index contributed by atoms with van der Waals surface area (Å²) in [6.07, 6.45) is 5.04. The molecule has 0 fully saturated rings. The van der Waals surface area contributed by atoms with Gasteiger partial charge < -0.3 is 14.6 Å². The number of methoxy groups -OCH3 is 2. The molecule has 0 aliphatic heterocycles. The molecule has 0 radical (unpaired) electrons. The number of hydrogen-bond acceptors (Lipinski definition) is 5. The van der Waals surface area contributed by atoms with Crippen molar-refractivity contribution in [3.63, 3.8) is 0 Å². The van der Waals surface area contributed by atoms with Gasteiger partial charge in [0.15, 0.2) is 0 Å². The second kappa shape index (κ2) is 4.73. The summed E-state index contributed by atoms with van der Waals surface area (Å²) >= 11 is 0. The summed E-state index contributed by atoms with van der Waals surface area (Å²) in [4.78, 5) is 8.38. The average Bonchev–Trinajstić information content (AvgIpc) is 2.91. The molecule has 0 saturated heterocycles. The third-order valence-corrected chi connectivity index (χ3v) is 3.07. The van der Waals surface area contributed by atoms with Gasteiger partial charge in [0.25, 0.3) is 5.88 Å². The van der Waals surface area contributed by atoms with Crippen LogP contribution in [-0.4, -0.2) is 33.7 Å². The number of imidazole rings is 1. The minimum Gasteiger partial charge on any atom is -0.507 e. The summed E-state index contributed by atoms with van der Waals surface area (Å²) in [7, 11) is 3.12. The molecule has 1 N–H and O–H groups in total. The van der Waals surface area contributed by atoms with Gasteiger partial charge in [-0.1, -0.05) is 0 Å². The number of phenolic OH excluding ortho intramolecular Hbond substituents is 1. The van der Waals surface area contributed by atoms with Crippen molar-refractivity contribution >= 4 is 5.65 Å². The van der Waals surface area contributed by atoms with Crippen molar-refractivity contribution in [2.24, 2.45) is 0 Å². The zero-order valence-electron chi connectivity index (χ0n) is 11.1. The normalized spacial score (nSPS) is 10.7. The van der Waals surface area contributed by atoms with E-state index in [9.17, 15) is 5.11 Å². The Kier molecular flexibility index (Phi) is 2.90. The summed E-state index contributed by atoms with van der Waals surface area (Å²) in [6, 6.07) is 5.04. The van der Waals surface area contributed by atoms with Gasteiger partial charge in [-0.25, -0.2) is 9.97 Å². The molecule has 3 rings (SSSR count). The fourth-order valence-electron chi connectivity index (χ4n) is 2.09. The van der Waals surface area contributed by atoms with E-state index in [0.717, 1.165) is 5.69 Å². The topological polar surface area (TPSA) is 68.9 Å². The fourth-order valence-corrected chi connectivity index (χ4v) is 2.09. The predicted molar refractivity (Wildman–Crippen MR) is 73.2 cm³/mol. The lowest BCUT2D eigenvalue weighted by Gasteiger charge is -2.07. The van der Waals surface area contributed by atoms with Crippen molar-refractivity contribution in [3.05, 3.63) is 36.8 Å². The van der Waals surface area contributed by atoms with E-state index in [1.54, 1.807) is 55.4 Å². The molecule has 20 heavy (non-hydrogen) atoms. The SMILES string of the molecule is COc1ccc(O)c(-c2cnc3c(OC)nccn23)c1. The van der Waals surface area contributed by atoms with Gasteiger partial charge in [-0.3, -0.25) is 4.40 Å². The van der Waals surface area contributed by atoms with Gasteiger partial charge in [-0.15, -0.1) is 0 Å². The lowest BCUT2D eigenvalue weighted by molar-refractivity contribution is 0.400. The molecule has 2 aromatic heterocycles. The molecule has 0 spiro atoms. The van der Waals surface area contributed by atoms with Gasteiger partial charge in [-0.05, 0) is 18.2 Å². The van der Waals surface area contributed by atoms with Gasteiger partial charge >= 0.3 is 0 Å². The molecular formula is C14H13N3O3. The molecule has 0 amide bonds. The van der Waals surface area contributed by atoms with Crippen LogP contribution in [0.5, 0.6) is 17.4 Å². The number of ether oxygens (including phenoxy) is 2. The van der Waals surface area contributed by atoms with Crippen LogP contribution in [0.15, 0.2) is 36.8 Å². The van der Waals surface area contributed by atoms with Crippen LogP contribution in [0, 0.1) is 0 Å². The average molecular weight is 271 g/mol. The van der Waals surface area contributed by atoms with E-state index in [0.29, 0.717) is 22.8 Å². The van der Waals surface area contributed by atoms with E-state index >= 15 is 0 Å². The largest absolute Gasteiger partial charge is 0.507 e. The molecule has 0 unspecified atom stereocenters. The number of fused-ring (bicyclic) bond motifs is 1. The van der Waals surface area contributed by atoms with Crippen LogP contribution in [0.2, 0.25) is 0 Å². The Bertz CT molecular complexity index is 767. The lowest BCUT2D eigenvalue weighted by atomic mass is 10.1. The zero-order valence-corrected chi connectivity index (χ0v) is 11.1. The third kappa shape index (κ3) is 1.82. The molecule has 1 aromatic carbocycles. The summed E-state index contributed by atoms with van der Waals surface area (Å²) in [5.74, 6) is 1.25. The second-order valence-corrected chi connectivity index (χ2v) is 4.16. The highest BCUT2D eigenvalue weighted by Crippen LogP contribution is 2.33. The van der Waals surface area contributed by atoms with Crippen LogP contribution >= 0.6 is 0 Å². The maximum Gasteiger partial charge on any atom is 0.258 e. The molecule has 0 atom stereocenters. The lowest BCUT2D eigenvalue weighted by Crippen LogP contribution is -1.95. The van der Waals surface area contributed by atoms with Crippen LogP contribution in [0.1, 0.15) is 0 Å². The number of phenols is 1. The number of hydrogen-bond donors (Lipinski definition) is 1. The van der Waals surface area contributed by atoms with Gasteiger partial charge in [0.05, 0.1) is 26.1 Å². The molecule has 0 saturated carbocycles. The molecule has 2 heterocycles. The Hall–Kier alpha value is -2.76. The molecule has 0 aliphatic rings. The summed E-state index contributed by atoms with van der Waals surface area (Å²) in [5, 5.41) is 10.0. The third-order valence-electron chi connectivity index (χ3n) is 3.07. The molecular weight excluding hydrogens is 258 g/mol. The van der Waals surface area contributed by atoms with Gasteiger partial charge in [0.2, 0.25) is 5.65 Å². The van der Waals surface area contributed by atoms with E-state index in [1.165, 1.54) is 0 Å². The summed E-state index contributed by atoms with van der Waals surface area (Å²) < 4.78 is 12.2. The number of benzene rings is 1. The van der Waals surface area contributed by atoms with Crippen molar-refractivity contribution < 1.29 is 14.6 Å². The fraction of sp³-hybridized carbons (Fsp3) is 0.143. The van der Waals surface area contributed by atoms with Crippen molar-refractivity contribution in [1.29, 1.82) is 0 Å². The number of nitrogens with zero attached hydrogens (tertiary/aromatic N) is 3. The highest BCUT2D eigenvalue weighted by atomic mass is 16.5. The quantitative estimate of drug-likeness (QED) is 0.790. The minimum absolute atomic E-state index is 0.156. The monoisotopic (exact) mass is 271 g/mol. The Morgan fingerprint density at radius 2 is 2.00 bits per heavy atom. The van der Waals surface area contributed by atoms with Crippen LogP contribution < -0.4 is 9.47 Å². The maximum atomic E-state index is 10.0. The Morgan fingerprint density at radius 1 is 1.15 bits per heavy atom. The summed E-state index contributed by atoms with van der Waals surface area (Å²) in [6.45, 7) is 0. The summed E-state index contributed by atoms with van der Waals surface area (Å²) in [5.41, 5.74) is 1.95. The molecule has 3 aromatic rings. The highest BCUT2D eigenvalue weighted by Gasteiger charge is 2.14. The van der Waals surface area contributed by atoms with E-state index in [4.69, 9.17) is 9.47 Å². The first-order valence-electron chi connectivity index (χ1n) is 5.98. The molecule has 102 valence electrons. The van der Waals surface area contributed by atoms with Crippen LogP contribution in [0.3, 0.4) is 0 Å². The van der Waals surface area contributed by atoms with E-state index in [1.807, 2.05) is 0 Å². The Balaban J connectivity index is 2.25. The van der Waals surface area contributed by atoms with Crippen LogP contribution in [0.25, 0.3) is 16.9 Å². The Morgan fingerprint density at radius 3 is 2.75 bits per heavy atom. The predicted octanol–water partition coefficient (Wildman–Crippen LogP) is 2.12. The van der Waals surface area contributed by atoms with Gasteiger partial charge in [0.1, 0.15) is 11.5 Å². The van der Waals surface area contributed by atoms with E-state index < -0.39 is 0 Å². The standard InChI is InChI=1S/C14H13N3O3/c1-19-9-3-4-12(18)10(7-9)11-8-16-13-14(20-2)15-5-6-17(11)13/h3-8,18H,1-2H3. The minimum atomic E-state index is 0.156. The van der Waals surface area contributed by atoms with Gasteiger partial charge in [0, 0.05) is 18.0 Å². The van der Waals surface area contributed by atoms with Crippen molar-refractivity contribution in [3.8, 4) is 28.6 Å². The van der Waals surface area contributed by atoms with Crippen molar-refractivity contribution in [2.75, 3.05) is 14.2 Å². The van der Waals surface area contributed by atoms with Crippen LogP contribution in [0.4, 0.5) is 0 Å². The van der Waals surface area contributed by atoms with E-state index in [-0.39, 0.29) is 5.75 Å². The number of aromatic nitrogens is 3. The number of rotatable bonds is 3. The first-order chi connectivity index (χ1) is 9.74. The first-order valence-corrected chi connectivity index (χ1v) is 5.98. The molecule has 6 heteroatoms. The van der Waals surface area contributed by atoms with Crippen molar-refractivity contribution in [2.45, 2.75) is 0 Å². The van der Waals surface area contributed by atoms with Gasteiger partial charge in [-0.2, -0.15) is 0 Å². The number of aromatic hydroxyl groups is 1. The van der Waals surface area contributed by atoms with E-state index in [2.05, 4.69) is 9.97 Å². The molecule has 0 aliphatic carbocycles. The smallest absolute Gasteiger partial charge is 0.258 e. The van der Waals surface area contributed by atoms with Crippen LogP contribution in [-0.2, 0) is 0 Å². The Labute approximate surface area is 115 Å². The molecule has 6 nitrogen and oxygen atoms in total.